The van der Waals surface area contributed by atoms with Crippen LogP contribution in [0.25, 0.3) is 0 Å². The van der Waals surface area contributed by atoms with E-state index in [1.165, 1.54) is 0 Å². The molecule has 1 aromatic rings. The van der Waals surface area contributed by atoms with Crippen LogP contribution in [0.4, 0.5) is 24.5 Å². The maximum absolute atomic E-state index is 12.9. The number of benzene rings is 1. The number of esters is 1. The number of hydrogen-bond acceptors (Lipinski definition) is 7. The number of anilines is 1. The van der Waals surface area contributed by atoms with Crippen LogP contribution >= 0.6 is 0 Å². The van der Waals surface area contributed by atoms with E-state index >= 15 is 0 Å². The number of carbonyl (C=O) groups excluding carboxylic acids is 2. The summed E-state index contributed by atoms with van der Waals surface area (Å²) in [5.74, 6) is -1.32. The van der Waals surface area contributed by atoms with Gasteiger partial charge in [0.15, 0.2) is 6.61 Å². The molecule has 1 atom stereocenters. The molecule has 32 heavy (non-hydrogen) atoms. The summed E-state index contributed by atoms with van der Waals surface area (Å²) >= 11 is 0. The minimum absolute atomic E-state index is 0.0754. The van der Waals surface area contributed by atoms with Gasteiger partial charge in [0.05, 0.1) is 29.1 Å². The molecule has 0 aliphatic carbocycles. The fourth-order valence-corrected chi connectivity index (χ4v) is 3.86. The predicted octanol–water partition coefficient (Wildman–Crippen LogP) is 2.62. The third-order valence-electron chi connectivity index (χ3n) is 5.60. The Hall–Kier alpha value is -2.89. The Bertz CT molecular complexity index is 871. The van der Waals surface area contributed by atoms with Crippen LogP contribution in [0.15, 0.2) is 18.2 Å². The summed E-state index contributed by atoms with van der Waals surface area (Å²) in [5, 5.41) is 11.3. The smallest absolute Gasteiger partial charge is 0.416 e. The van der Waals surface area contributed by atoms with E-state index in [4.69, 9.17) is 9.47 Å². The van der Waals surface area contributed by atoms with Gasteiger partial charge in [-0.3, -0.25) is 19.7 Å². The van der Waals surface area contributed by atoms with Crippen LogP contribution in [-0.4, -0.2) is 67.2 Å². The van der Waals surface area contributed by atoms with E-state index < -0.39 is 34.2 Å². The molecule has 0 N–H and O–H groups in total. The zero-order valence-electron chi connectivity index (χ0n) is 17.5. The lowest BCUT2D eigenvalue weighted by atomic mass is 9.96. The number of morpholine rings is 1. The molecule has 12 heteroatoms. The summed E-state index contributed by atoms with van der Waals surface area (Å²) in [6.07, 6.45) is -4.15. The van der Waals surface area contributed by atoms with Crippen LogP contribution in [0.3, 0.4) is 0 Å². The number of rotatable bonds is 5. The van der Waals surface area contributed by atoms with Crippen molar-refractivity contribution >= 4 is 23.3 Å². The third-order valence-corrected chi connectivity index (χ3v) is 5.60. The molecule has 1 amide bonds. The van der Waals surface area contributed by atoms with Gasteiger partial charge in [0.1, 0.15) is 5.69 Å². The van der Waals surface area contributed by atoms with Gasteiger partial charge in [-0.25, -0.2) is 0 Å². The van der Waals surface area contributed by atoms with Crippen LogP contribution in [0.1, 0.15) is 25.3 Å². The van der Waals surface area contributed by atoms with Crippen molar-refractivity contribution < 1.29 is 37.2 Å². The lowest BCUT2D eigenvalue weighted by Gasteiger charge is -2.33. The van der Waals surface area contributed by atoms with Crippen LogP contribution in [-0.2, 0) is 25.2 Å². The number of halogens is 3. The lowest BCUT2D eigenvalue weighted by molar-refractivity contribution is -0.384. The fourth-order valence-electron chi connectivity index (χ4n) is 3.86. The average molecular weight is 459 g/mol. The van der Waals surface area contributed by atoms with E-state index in [9.17, 15) is 32.9 Å². The maximum atomic E-state index is 12.9. The van der Waals surface area contributed by atoms with Gasteiger partial charge in [0, 0.05) is 32.2 Å². The highest BCUT2D eigenvalue weighted by atomic mass is 19.4. The Morgan fingerprint density at radius 2 is 1.94 bits per heavy atom. The minimum atomic E-state index is -4.68. The number of piperidine rings is 1. The summed E-state index contributed by atoms with van der Waals surface area (Å²) in [7, 11) is 0. The molecule has 2 aliphatic rings. The number of alkyl halides is 3. The molecule has 0 saturated carbocycles. The summed E-state index contributed by atoms with van der Waals surface area (Å²) in [6.45, 7) is 3.25. The van der Waals surface area contributed by atoms with Crippen LogP contribution < -0.4 is 4.90 Å². The van der Waals surface area contributed by atoms with Crippen molar-refractivity contribution in [2.24, 2.45) is 5.92 Å². The van der Waals surface area contributed by atoms with Crippen molar-refractivity contribution in [1.29, 1.82) is 0 Å². The number of amides is 1. The summed E-state index contributed by atoms with van der Waals surface area (Å²) in [6, 6.07) is 2.41. The van der Waals surface area contributed by atoms with Crippen LogP contribution in [0.5, 0.6) is 0 Å². The summed E-state index contributed by atoms with van der Waals surface area (Å²) < 4.78 is 49.2. The van der Waals surface area contributed by atoms with Gasteiger partial charge in [-0.2, -0.15) is 13.2 Å². The molecule has 9 nitrogen and oxygen atoms in total. The topological polar surface area (TPSA) is 102 Å². The van der Waals surface area contributed by atoms with Gasteiger partial charge in [-0.05, 0) is 31.9 Å². The van der Waals surface area contributed by atoms with E-state index in [2.05, 4.69) is 0 Å². The number of nitrogens with zero attached hydrogens (tertiary/aromatic N) is 3. The van der Waals surface area contributed by atoms with Crippen molar-refractivity contribution in [3.63, 3.8) is 0 Å². The second-order valence-electron chi connectivity index (χ2n) is 7.85. The normalized spacial score (nSPS) is 20.2. The molecule has 176 valence electrons. The van der Waals surface area contributed by atoms with Crippen molar-refractivity contribution in [2.45, 2.75) is 32.0 Å². The average Bonchev–Trinajstić information content (AvgIpc) is 2.76. The molecule has 2 heterocycles. The summed E-state index contributed by atoms with van der Waals surface area (Å²) in [5.41, 5.74) is -1.65. The lowest BCUT2D eigenvalue weighted by Crippen LogP contribution is -2.46. The quantitative estimate of drug-likeness (QED) is 0.379. The second kappa shape index (κ2) is 9.72. The largest absolute Gasteiger partial charge is 0.455 e. The standard InChI is InChI=1S/C20H24F3N3O6/c1-13-11-25(8-9-31-13)18(27)12-32-19(28)14-4-6-24(7-5-14)16-3-2-15(20(21,22)23)10-17(16)26(29)30/h2-3,10,13-14H,4-9,11-12H2,1H3. The number of nitro benzene ring substituents is 1. The molecule has 2 saturated heterocycles. The van der Waals surface area contributed by atoms with E-state index in [1.807, 2.05) is 6.92 Å². The highest BCUT2D eigenvalue weighted by Crippen LogP contribution is 2.37. The van der Waals surface area contributed by atoms with Crippen molar-refractivity contribution in [1.82, 2.24) is 4.90 Å². The fraction of sp³-hybridized carbons (Fsp3) is 0.600. The van der Waals surface area contributed by atoms with Crippen molar-refractivity contribution in [3.05, 3.63) is 33.9 Å². The zero-order chi connectivity index (χ0) is 23.5. The highest BCUT2D eigenvalue weighted by Gasteiger charge is 2.35. The third kappa shape index (κ3) is 5.67. The Balaban J connectivity index is 1.55. The van der Waals surface area contributed by atoms with Gasteiger partial charge in [0.25, 0.3) is 11.6 Å². The molecular weight excluding hydrogens is 435 g/mol. The molecule has 0 aromatic heterocycles. The van der Waals surface area contributed by atoms with Gasteiger partial charge in [0.2, 0.25) is 0 Å². The highest BCUT2D eigenvalue weighted by molar-refractivity contribution is 5.81. The first-order valence-electron chi connectivity index (χ1n) is 10.2. The number of carbonyl (C=O) groups is 2. The first-order valence-corrected chi connectivity index (χ1v) is 10.2. The zero-order valence-corrected chi connectivity index (χ0v) is 17.5. The molecule has 1 unspecified atom stereocenters. The SMILES string of the molecule is CC1CN(C(=O)COC(=O)C2CCN(c3ccc(C(F)(F)F)cc3[N+](=O)[O-])CC2)CCO1. The van der Waals surface area contributed by atoms with E-state index in [0.717, 1.165) is 12.1 Å². The molecule has 1 aromatic carbocycles. The molecule has 0 radical (unpaired) electrons. The van der Waals surface area contributed by atoms with Crippen molar-refractivity contribution in [2.75, 3.05) is 44.3 Å². The first kappa shape index (κ1) is 23.8. The Morgan fingerprint density at radius 1 is 1.25 bits per heavy atom. The van der Waals surface area contributed by atoms with E-state index in [1.54, 1.807) is 9.80 Å². The Morgan fingerprint density at radius 3 is 2.53 bits per heavy atom. The van der Waals surface area contributed by atoms with E-state index in [-0.39, 0.29) is 37.4 Å². The van der Waals surface area contributed by atoms with Gasteiger partial charge in [-0.1, -0.05) is 0 Å². The predicted molar refractivity (Wildman–Crippen MR) is 106 cm³/mol. The first-order chi connectivity index (χ1) is 15.1. The van der Waals surface area contributed by atoms with Crippen LogP contribution in [0, 0.1) is 16.0 Å². The minimum Gasteiger partial charge on any atom is -0.455 e. The van der Waals surface area contributed by atoms with Crippen molar-refractivity contribution in [3.8, 4) is 0 Å². The Labute approximate surface area is 182 Å². The number of nitro groups is 1. The molecule has 0 bridgehead atoms. The van der Waals surface area contributed by atoms with Gasteiger partial charge in [-0.15, -0.1) is 0 Å². The molecule has 2 fully saturated rings. The van der Waals surface area contributed by atoms with Crippen LogP contribution in [0.2, 0.25) is 0 Å². The summed E-state index contributed by atoms with van der Waals surface area (Å²) in [4.78, 5) is 38.2. The number of hydrogen-bond donors (Lipinski definition) is 0. The van der Waals surface area contributed by atoms with E-state index in [0.29, 0.717) is 38.6 Å². The maximum Gasteiger partial charge on any atom is 0.416 e. The Kier molecular flexibility index (Phi) is 7.22. The molecule has 0 spiro atoms. The molecule has 3 rings (SSSR count). The molecule has 2 aliphatic heterocycles. The second-order valence-corrected chi connectivity index (χ2v) is 7.85. The number of ether oxygens (including phenoxy) is 2. The van der Waals surface area contributed by atoms with Gasteiger partial charge < -0.3 is 19.3 Å². The van der Waals surface area contributed by atoms with Gasteiger partial charge >= 0.3 is 12.1 Å². The molecular formula is C20H24F3N3O6. The monoisotopic (exact) mass is 459 g/mol.